The van der Waals surface area contributed by atoms with Crippen LogP contribution in [0.25, 0.3) is 0 Å². The number of anilines is 2. The molecular formula is C14H16N4O. The summed E-state index contributed by atoms with van der Waals surface area (Å²) in [6, 6.07) is 9.15. The number of aromatic nitrogens is 2. The monoisotopic (exact) mass is 256 g/mol. The van der Waals surface area contributed by atoms with E-state index < -0.39 is 0 Å². The fraction of sp³-hybridized carbons (Fsp3) is 0.214. The van der Waals surface area contributed by atoms with Crippen LogP contribution in [0.3, 0.4) is 0 Å². The molecule has 0 saturated carbocycles. The lowest BCUT2D eigenvalue weighted by atomic mass is 10.2. The largest absolute Gasteiger partial charge is 0.325 e. The Hall–Kier alpha value is -2.27. The lowest BCUT2D eigenvalue weighted by Crippen LogP contribution is -2.19. The summed E-state index contributed by atoms with van der Waals surface area (Å²) in [6.45, 7) is 2.27. The number of nitrogens with zero attached hydrogens (tertiary/aromatic N) is 2. The van der Waals surface area contributed by atoms with Gasteiger partial charge in [-0.1, -0.05) is 6.07 Å². The fourth-order valence-corrected chi connectivity index (χ4v) is 1.65. The third-order valence-electron chi connectivity index (χ3n) is 2.54. The highest BCUT2D eigenvalue weighted by Gasteiger charge is 2.07. The zero-order valence-electron chi connectivity index (χ0n) is 11.0. The first-order valence-corrected chi connectivity index (χ1v) is 6.03. The van der Waals surface area contributed by atoms with Gasteiger partial charge in [-0.15, -0.1) is 0 Å². The zero-order valence-corrected chi connectivity index (χ0v) is 11.0. The number of hydrogen-bond acceptors (Lipinski definition) is 5. The zero-order chi connectivity index (χ0) is 13.7. The molecule has 19 heavy (non-hydrogen) atoms. The van der Waals surface area contributed by atoms with Gasteiger partial charge in [-0.3, -0.25) is 4.79 Å². The maximum atomic E-state index is 11.7. The molecule has 0 saturated heterocycles. The minimum absolute atomic E-state index is 0.0386. The van der Waals surface area contributed by atoms with Gasteiger partial charge in [0.1, 0.15) is 17.3 Å². The molecule has 5 heteroatoms. The number of carbonyl (C=O) groups is 1. The van der Waals surface area contributed by atoms with Crippen molar-refractivity contribution >= 4 is 17.4 Å². The molecule has 0 fully saturated rings. The third kappa shape index (κ3) is 3.59. The Balaban J connectivity index is 2.17. The van der Waals surface area contributed by atoms with Gasteiger partial charge in [-0.05, 0) is 43.8 Å². The Morgan fingerprint density at radius 2 is 2.11 bits per heavy atom. The van der Waals surface area contributed by atoms with E-state index in [-0.39, 0.29) is 12.3 Å². The van der Waals surface area contributed by atoms with E-state index in [2.05, 4.69) is 20.6 Å². The van der Waals surface area contributed by atoms with Gasteiger partial charge >= 0.3 is 0 Å². The second-order valence-electron chi connectivity index (χ2n) is 4.21. The van der Waals surface area contributed by atoms with Gasteiger partial charge in [0.15, 0.2) is 5.78 Å². The summed E-state index contributed by atoms with van der Waals surface area (Å²) in [5, 5.41) is 5.91. The molecule has 0 unspecified atom stereocenters. The van der Waals surface area contributed by atoms with Crippen LogP contribution in [0.5, 0.6) is 0 Å². The van der Waals surface area contributed by atoms with Crippen molar-refractivity contribution < 1.29 is 4.79 Å². The molecule has 2 aromatic heterocycles. The summed E-state index contributed by atoms with van der Waals surface area (Å²) in [5.41, 5.74) is 1.55. The van der Waals surface area contributed by atoms with Gasteiger partial charge in [0.25, 0.3) is 0 Å². The lowest BCUT2D eigenvalue weighted by Gasteiger charge is -2.06. The number of hydrogen-bond donors (Lipinski definition) is 2. The van der Waals surface area contributed by atoms with Crippen molar-refractivity contribution in [2.45, 2.75) is 6.92 Å². The lowest BCUT2D eigenvalue weighted by molar-refractivity contribution is 0.0989. The normalized spacial score (nSPS) is 10.2. The highest BCUT2D eigenvalue weighted by atomic mass is 16.1. The standard InChI is InChI=1S/C14H16N4O/c1-10-6-7-16-14(8-10)18-13-5-3-4-11(17-13)12(19)9-15-2/h3-8,15H,9H2,1-2H3,(H,16,17,18). The summed E-state index contributed by atoms with van der Waals surface area (Å²) in [7, 11) is 1.73. The van der Waals surface area contributed by atoms with Crippen molar-refractivity contribution in [3.05, 3.63) is 47.8 Å². The van der Waals surface area contributed by atoms with Gasteiger partial charge in [0, 0.05) is 6.20 Å². The molecule has 0 aliphatic carbocycles. The fourth-order valence-electron chi connectivity index (χ4n) is 1.65. The van der Waals surface area contributed by atoms with E-state index in [0.29, 0.717) is 17.3 Å². The van der Waals surface area contributed by atoms with Crippen LogP contribution >= 0.6 is 0 Å². The quantitative estimate of drug-likeness (QED) is 0.800. The van der Waals surface area contributed by atoms with Gasteiger partial charge < -0.3 is 10.6 Å². The maximum Gasteiger partial charge on any atom is 0.194 e. The van der Waals surface area contributed by atoms with Gasteiger partial charge in [0.05, 0.1) is 6.54 Å². The van der Waals surface area contributed by atoms with Crippen molar-refractivity contribution in [3.63, 3.8) is 0 Å². The Bertz CT molecular complexity index is 583. The summed E-state index contributed by atoms with van der Waals surface area (Å²) >= 11 is 0. The molecule has 0 aromatic carbocycles. The van der Waals surface area contributed by atoms with Crippen molar-refractivity contribution in [3.8, 4) is 0 Å². The van der Waals surface area contributed by atoms with Crippen molar-refractivity contribution in [1.82, 2.24) is 15.3 Å². The van der Waals surface area contributed by atoms with Crippen molar-refractivity contribution in [2.75, 3.05) is 18.9 Å². The SMILES string of the molecule is CNCC(=O)c1cccc(Nc2cc(C)ccn2)n1. The number of Topliss-reactive ketones (excluding diaryl/α,β-unsaturated/α-hetero) is 1. The number of rotatable bonds is 5. The van der Waals surface area contributed by atoms with Crippen molar-refractivity contribution in [1.29, 1.82) is 0 Å². The van der Waals surface area contributed by atoms with E-state index in [9.17, 15) is 4.79 Å². The van der Waals surface area contributed by atoms with E-state index in [1.165, 1.54) is 0 Å². The molecule has 2 aromatic rings. The molecule has 2 rings (SSSR count). The van der Waals surface area contributed by atoms with E-state index in [1.807, 2.05) is 19.1 Å². The van der Waals surface area contributed by atoms with Crippen molar-refractivity contribution in [2.24, 2.45) is 0 Å². The number of pyridine rings is 2. The number of aryl methyl sites for hydroxylation is 1. The van der Waals surface area contributed by atoms with Crippen LogP contribution in [-0.2, 0) is 0 Å². The molecule has 2 heterocycles. The summed E-state index contributed by atoms with van der Waals surface area (Å²) in [4.78, 5) is 20.2. The first-order valence-electron chi connectivity index (χ1n) is 6.03. The van der Waals surface area contributed by atoms with Gasteiger partial charge in [0.2, 0.25) is 0 Å². The third-order valence-corrected chi connectivity index (χ3v) is 2.54. The first kappa shape index (κ1) is 13.2. The number of ketones is 1. The minimum Gasteiger partial charge on any atom is -0.325 e. The maximum absolute atomic E-state index is 11.7. The van der Waals surface area contributed by atoms with E-state index in [1.54, 1.807) is 31.4 Å². The average Bonchev–Trinajstić information content (AvgIpc) is 2.39. The average molecular weight is 256 g/mol. The van der Waals surface area contributed by atoms with Crippen LogP contribution < -0.4 is 10.6 Å². The van der Waals surface area contributed by atoms with Crippen LogP contribution in [0.4, 0.5) is 11.6 Å². The van der Waals surface area contributed by atoms with Crippen LogP contribution in [0.1, 0.15) is 16.1 Å². The second-order valence-corrected chi connectivity index (χ2v) is 4.21. The number of carbonyl (C=O) groups excluding carboxylic acids is 1. The first-order chi connectivity index (χ1) is 9.19. The van der Waals surface area contributed by atoms with Crippen LogP contribution in [0.15, 0.2) is 36.5 Å². The molecular weight excluding hydrogens is 240 g/mol. The highest BCUT2D eigenvalue weighted by Crippen LogP contribution is 2.13. The predicted octanol–water partition coefficient (Wildman–Crippen LogP) is 1.93. The number of likely N-dealkylation sites (N-methyl/N-ethyl adjacent to an activating group) is 1. The molecule has 0 atom stereocenters. The van der Waals surface area contributed by atoms with Crippen LogP contribution in [-0.4, -0.2) is 29.3 Å². The molecule has 2 N–H and O–H groups in total. The molecule has 0 bridgehead atoms. The van der Waals surface area contributed by atoms with Crippen LogP contribution in [0, 0.1) is 6.92 Å². The Kier molecular flexibility index (Phi) is 4.20. The summed E-state index contributed by atoms with van der Waals surface area (Å²) < 4.78 is 0. The molecule has 0 aliphatic heterocycles. The van der Waals surface area contributed by atoms with Gasteiger partial charge in [-0.2, -0.15) is 0 Å². The molecule has 0 spiro atoms. The number of nitrogens with one attached hydrogen (secondary N) is 2. The van der Waals surface area contributed by atoms with E-state index in [0.717, 1.165) is 5.56 Å². The summed E-state index contributed by atoms with van der Waals surface area (Å²) in [6.07, 6.45) is 1.73. The minimum atomic E-state index is -0.0386. The molecule has 0 radical (unpaired) electrons. The smallest absolute Gasteiger partial charge is 0.194 e. The highest BCUT2D eigenvalue weighted by molar-refractivity contribution is 5.96. The van der Waals surface area contributed by atoms with E-state index >= 15 is 0 Å². The Labute approximate surface area is 112 Å². The summed E-state index contributed by atoms with van der Waals surface area (Å²) in [5.74, 6) is 1.29. The topological polar surface area (TPSA) is 66.9 Å². The predicted molar refractivity (Wildman–Crippen MR) is 74.8 cm³/mol. The molecule has 0 amide bonds. The molecule has 98 valence electrons. The molecule has 5 nitrogen and oxygen atoms in total. The Morgan fingerprint density at radius 3 is 2.84 bits per heavy atom. The Morgan fingerprint density at radius 1 is 1.26 bits per heavy atom. The van der Waals surface area contributed by atoms with Crippen LogP contribution in [0.2, 0.25) is 0 Å². The second kappa shape index (κ2) is 6.06. The van der Waals surface area contributed by atoms with Gasteiger partial charge in [-0.25, -0.2) is 9.97 Å². The molecule has 0 aliphatic rings. The van der Waals surface area contributed by atoms with E-state index in [4.69, 9.17) is 0 Å².